The summed E-state index contributed by atoms with van der Waals surface area (Å²) in [6, 6.07) is 30.2. The maximum absolute atomic E-state index is 13.8. The van der Waals surface area contributed by atoms with Gasteiger partial charge in [-0.1, -0.05) is 84.9 Å². The van der Waals surface area contributed by atoms with Crippen molar-refractivity contribution in [2.24, 2.45) is 0 Å². The Labute approximate surface area is 180 Å². The zero-order valence-electron chi connectivity index (χ0n) is 17.0. The summed E-state index contributed by atoms with van der Waals surface area (Å²) in [7, 11) is 0. The Morgan fingerprint density at radius 1 is 0.710 bits per heavy atom. The minimum absolute atomic E-state index is 0.0137. The van der Waals surface area contributed by atoms with Crippen molar-refractivity contribution in [2.45, 2.75) is 24.8 Å². The van der Waals surface area contributed by atoms with E-state index in [0.29, 0.717) is 13.0 Å². The van der Waals surface area contributed by atoms with Gasteiger partial charge in [0, 0.05) is 12.1 Å². The molecule has 4 aromatic rings. The Bertz CT molecular complexity index is 1340. The summed E-state index contributed by atoms with van der Waals surface area (Å²) in [5.74, 6) is -0.792. The SMILES string of the molecule is O=C1Cc2cccc3cccc(c23)C1C1C(=O)N(Cc2ccccc2)c2ccccc21. The molecule has 2 unspecified atom stereocenters. The number of amides is 1. The van der Waals surface area contributed by atoms with Crippen LogP contribution in [0, 0.1) is 0 Å². The van der Waals surface area contributed by atoms with E-state index in [4.69, 9.17) is 0 Å². The van der Waals surface area contributed by atoms with Crippen molar-refractivity contribution in [2.75, 3.05) is 4.90 Å². The summed E-state index contributed by atoms with van der Waals surface area (Å²) in [4.78, 5) is 29.1. The predicted octanol–water partition coefficient (Wildman–Crippen LogP) is 5.38. The maximum atomic E-state index is 13.8. The number of rotatable bonds is 3. The number of carbonyl (C=O) groups excluding carboxylic acids is 2. The molecule has 0 saturated carbocycles. The van der Waals surface area contributed by atoms with Gasteiger partial charge in [-0.2, -0.15) is 0 Å². The van der Waals surface area contributed by atoms with E-state index in [1.807, 2.05) is 83.8 Å². The quantitative estimate of drug-likeness (QED) is 0.461. The Morgan fingerprint density at radius 3 is 2.26 bits per heavy atom. The first kappa shape index (κ1) is 18.1. The Balaban J connectivity index is 1.50. The van der Waals surface area contributed by atoms with Crippen LogP contribution in [-0.4, -0.2) is 11.7 Å². The number of fused-ring (bicyclic) bond motifs is 1. The standard InChI is InChI=1S/C28H21NO2/c30-24-16-20-12-6-10-19-11-7-14-22(25(19)20)26(24)27-21-13-4-5-15-23(21)29(28(27)31)17-18-8-2-1-3-9-18/h1-15,26-27H,16-17H2. The molecular formula is C28H21NO2. The number of anilines is 1. The third kappa shape index (κ3) is 2.73. The van der Waals surface area contributed by atoms with Crippen molar-refractivity contribution in [3.63, 3.8) is 0 Å². The number of ketones is 1. The molecule has 1 amide bonds. The van der Waals surface area contributed by atoms with E-state index in [2.05, 4.69) is 12.1 Å². The largest absolute Gasteiger partial charge is 0.307 e. The van der Waals surface area contributed by atoms with Gasteiger partial charge in [0.2, 0.25) is 5.91 Å². The van der Waals surface area contributed by atoms with Gasteiger partial charge < -0.3 is 4.90 Å². The molecule has 31 heavy (non-hydrogen) atoms. The summed E-state index contributed by atoms with van der Waals surface area (Å²) < 4.78 is 0. The first-order valence-electron chi connectivity index (χ1n) is 10.7. The lowest BCUT2D eigenvalue weighted by atomic mass is 9.72. The molecule has 0 N–H and O–H groups in total. The highest BCUT2D eigenvalue weighted by Crippen LogP contribution is 2.49. The van der Waals surface area contributed by atoms with E-state index in [1.165, 1.54) is 0 Å². The Morgan fingerprint density at radius 2 is 1.42 bits per heavy atom. The highest BCUT2D eigenvalue weighted by Gasteiger charge is 2.46. The number of nitrogens with zero attached hydrogens (tertiary/aromatic N) is 1. The fourth-order valence-electron chi connectivity index (χ4n) is 5.36. The molecular weight excluding hydrogens is 382 g/mol. The van der Waals surface area contributed by atoms with E-state index < -0.39 is 11.8 Å². The molecule has 4 aromatic carbocycles. The highest BCUT2D eigenvalue weighted by molar-refractivity contribution is 6.11. The van der Waals surface area contributed by atoms with Crippen LogP contribution in [0.25, 0.3) is 10.8 Å². The zero-order chi connectivity index (χ0) is 20.9. The first-order chi connectivity index (χ1) is 15.2. The smallest absolute Gasteiger partial charge is 0.236 e. The normalized spacial score (nSPS) is 19.7. The second-order valence-corrected chi connectivity index (χ2v) is 8.43. The van der Waals surface area contributed by atoms with E-state index in [9.17, 15) is 9.59 Å². The lowest BCUT2D eigenvalue weighted by molar-refractivity contribution is -0.126. The summed E-state index contributed by atoms with van der Waals surface area (Å²) in [5, 5.41) is 2.27. The van der Waals surface area contributed by atoms with E-state index in [1.54, 1.807) is 0 Å². The fourth-order valence-corrected chi connectivity index (χ4v) is 5.36. The third-order valence-electron chi connectivity index (χ3n) is 6.68. The van der Waals surface area contributed by atoms with Crippen molar-refractivity contribution in [3.05, 3.63) is 113 Å². The minimum atomic E-state index is -0.480. The van der Waals surface area contributed by atoms with E-state index in [0.717, 1.165) is 38.7 Å². The van der Waals surface area contributed by atoms with Gasteiger partial charge in [-0.15, -0.1) is 0 Å². The Hall–Kier alpha value is -3.72. The molecule has 0 radical (unpaired) electrons. The zero-order valence-corrected chi connectivity index (χ0v) is 17.0. The second-order valence-electron chi connectivity index (χ2n) is 8.43. The number of para-hydroxylation sites is 1. The number of hydrogen-bond donors (Lipinski definition) is 0. The van der Waals surface area contributed by atoms with Gasteiger partial charge in [0.25, 0.3) is 0 Å². The molecule has 1 heterocycles. The van der Waals surface area contributed by atoms with Crippen molar-refractivity contribution in [3.8, 4) is 0 Å². The Kier molecular flexibility index (Phi) is 4.03. The van der Waals surface area contributed by atoms with Crippen LogP contribution in [0.2, 0.25) is 0 Å². The molecule has 0 saturated heterocycles. The number of hydrogen-bond acceptors (Lipinski definition) is 2. The first-order valence-corrected chi connectivity index (χ1v) is 10.7. The predicted molar refractivity (Wildman–Crippen MR) is 122 cm³/mol. The van der Waals surface area contributed by atoms with Crippen LogP contribution in [0.3, 0.4) is 0 Å². The van der Waals surface area contributed by atoms with Crippen LogP contribution >= 0.6 is 0 Å². The molecule has 1 aliphatic heterocycles. The van der Waals surface area contributed by atoms with Gasteiger partial charge in [-0.05, 0) is 39.1 Å². The lowest BCUT2D eigenvalue weighted by Crippen LogP contribution is -2.34. The molecule has 6 rings (SSSR count). The van der Waals surface area contributed by atoms with E-state index >= 15 is 0 Å². The fraction of sp³-hybridized carbons (Fsp3) is 0.143. The molecule has 150 valence electrons. The average molecular weight is 403 g/mol. The van der Waals surface area contributed by atoms with Crippen molar-refractivity contribution in [1.29, 1.82) is 0 Å². The van der Waals surface area contributed by atoms with Crippen LogP contribution in [-0.2, 0) is 22.6 Å². The molecule has 2 atom stereocenters. The monoisotopic (exact) mass is 403 g/mol. The molecule has 3 nitrogen and oxygen atoms in total. The number of benzene rings is 4. The van der Waals surface area contributed by atoms with Crippen LogP contribution in [0.15, 0.2) is 91.0 Å². The molecule has 0 bridgehead atoms. The minimum Gasteiger partial charge on any atom is -0.307 e. The molecule has 3 heteroatoms. The van der Waals surface area contributed by atoms with Crippen LogP contribution < -0.4 is 4.90 Å². The summed E-state index contributed by atoms with van der Waals surface area (Å²) in [5.41, 5.74) is 5.00. The van der Waals surface area contributed by atoms with Crippen molar-refractivity contribution < 1.29 is 9.59 Å². The number of carbonyl (C=O) groups is 2. The van der Waals surface area contributed by atoms with Crippen molar-refractivity contribution in [1.82, 2.24) is 0 Å². The van der Waals surface area contributed by atoms with Gasteiger partial charge in [0.05, 0.1) is 18.4 Å². The van der Waals surface area contributed by atoms with E-state index in [-0.39, 0.29) is 11.7 Å². The third-order valence-corrected chi connectivity index (χ3v) is 6.68. The number of Topliss-reactive ketones (excluding diaryl/α,β-unsaturated/α-hetero) is 1. The molecule has 0 fully saturated rings. The van der Waals surface area contributed by atoms with Crippen LogP contribution in [0.1, 0.15) is 34.1 Å². The second kappa shape index (κ2) is 6.92. The van der Waals surface area contributed by atoms with Gasteiger partial charge in [0.1, 0.15) is 5.78 Å². The highest BCUT2D eigenvalue weighted by atomic mass is 16.2. The maximum Gasteiger partial charge on any atom is 0.236 e. The van der Waals surface area contributed by atoms with Gasteiger partial charge in [-0.25, -0.2) is 0 Å². The molecule has 2 aliphatic rings. The molecule has 0 aromatic heterocycles. The van der Waals surface area contributed by atoms with Gasteiger partial charge >= 0.3 is 0 Å². The summed E-state index contributed by atoms with van der Waals surface area (Å²) >= 11 is 0. The van der Waals surface area contributed by atoms with Crippen molar-refractivity contribution >= 4 is 28.2 Å². The topological polar surface area (TPSA) is 37.4 Å². The molecule has 1 aliphatic carbocycles. The van der Waals surface area contributed by atoms with Crippen LogP contribution in [0.4, 0.5) is 5.69 Å². The summed E-state index contributed by atoms with van der Waals surface area (Å²) in [6.07, 6.45) is 0.379. The summed E-state index contributed by atoms with van der Waals surface area (Å²) in [6.45, 7) is 0.509. The van der Waals surface area contributed by atoms with Gasteiger partial charge in [0.15, 0.2) is 0 Å². The van der Waals surface area contributed by atoms with Crippen LogP contribution in [0.5, 0.6) is 0 Å². The van der Waals surface area contributed by atoms with Gasteiger partial charge in [-0.3, -0.25) is 9.59 Å². The molecule has 0 spiro atoms. The lowest BCUT2D eigenvalue weighted by Gasteiger charge is -2.29. The average Bonchev–Trinajstić information content (AvgIpc) is 3.06.